The van der Waals surface area contributed by atoms with Crippen LogP contribution in [-0.2, 0) is 12.1 Å². The number of hydrogen-bond acceptors (Lipinski definition) is 3. The average Bonchev–Trinajstić information content (AvgIpc) is 2.94. The van der Waals surface area contributed by atoms with E-state index >= 15 is 0 Å². The van der Waals surface area contributed by atoms with Crippen molar-refractivity contribution in [2.75, 3.05) is 11.9 Å². The van der Waals surface area contributed by atoms with E-state index in [1.54, 1.807) is 0 Å². The van der Waals surface area contributed by atoms with Crippen molar-refractivity contribution in [3.8, 4) is 5.75 Å². The summed E-state index contributed by atoms with van der Waals surface area (Å²) in [4.78, 5) is 12.3. The molecule has 0 saturated heterocycles. The number of rotatable bonds is 1. The summed E-state index contributed by atoms with van der Waals surface area (Å²) in [6, 6.07) is 13.7. The molecule has 0 spiro atoms. The second kappa shape index (κ2) is 4.25. The molecule has 0 bridgehead atoms. The van der Waals surface area contributed by atoms with Gasteiger partial charge in [-0.1, -0.05) is 18.2 Å². The number of nitrogens with one attached hydrogen (secondary N) is 2. The predicted molar refractivity (Wildman–Crippen MR) is 80.5 cm³/mol. The van der Waals surface area contributed by atoms with Gasteiger partial charge in [0.1, 0.15) is 11.4 Å². The lowest BCUT2D eigenvalue weighted by atomic mass is 9.94. The van der Waals surface area contributed by atoms with Crippen molar-refractivity contribution in [3.05, 3.63) is 59.2 Å². The van der Waals surface area contributed by atoms with Crippen LogP contribution < -0.4 is 15.4 Å². The molecule has 1 atom stereocenters. The third-order valence-electron chi connectivity index (χ3n) is 4.19. The van der Waals surface area contributed by atoms with Crippen molar-refractivity contribution in [1.29, 1.82) is 0 Å². The molecule has 21 heavy (non-hydrogen) atoms. The SMILES string of the molecule is CC1(c2ccc3c(c2)CCO3)NC(=O)c2ccccc2N1. The maximum Gasteiger partial charge on any atom is 0.255 e. The fraction of sp³-hybridized carbons (Fsp3) is 0.235. The second-order valence-electron chi connectivity index (χ2n) is 5.67. The lowest BCUT2D eigenvalue weighted by Gasteiger charge is -2.38. The number of amides is 1. The first-order valence-electron chi connectivity index (χ1n) is 7.12. The smallest absolute Gasteiger partial charge is 0.255 e. The molecule has 2 aromatic carbocycles. The van der Waals surface area contributed by atoms with Gasteiger partial charge in [0, 0.05) is 12.1 Å². The number of hydrogen-bond donors (Lipinski definition) is 2. The van der Waals surface area contributed by atoms with E-state index in [0.717, 1.165) is 30.0 Å². The van der Waals surface area contributed by atoms with E-state index in [1.807, 2.05) is 43.3 Å². The second-order valence-corrected chi connectivity index (χ2v) is 5.67. The third kappa shape index (κ3) is 1.87. The van der Waals surface area contributed by atoms with Gasteiger partial charge in [-0.15, -0.1) is 0 Å². The molecule has 0 fully saturated rings. The molecule has 2 heterocycles. The Labute approximate surface area is 123 Å². The molecule has 4 nitrogen and oxygen atoms in total. The van der Waals surface area contributed by atoms with Crippen molar-refractivity contribution >= 4 is 11.6 Å². The molecule has 2 aliphatic rings. The maximum atomic E-state index is 12.3. The van der Waals surface area contributed by atoms with E-state index in [0.29, 0.717) is 5.56 Å². The zero-order valence-corrected chi connectivity index (χ0v) is 11.8. The van der Waals surface area contributed by atoms with Gasteiger partial charge >= 0.3 is 0 Å². The summed E-state index contributed by atoms with van der Waals surface area (Å²) in [6.07, 6.45) is 0.920. The number of carbonyl (C=O) groups excluding carboxylic acids is 1. The normalized spacial score (nSPS) is 22.6. The number of carbonyl (C=O) groups is 1. The first-order chi connectivity index (χ1) is 10.2. The van der Waals surface area contributed by atoms with Gasteiger partial charge in [0.2, 0.25) is 0 Å². The van der Waals surface area contributed by atoms with Crippen molar-refractivity contribution in [2.45, 2.75) is 19.0 Å². The monoisotopic (exact) mass is 280 g/mol. The first kappa shape index (κ1) is 12.3. The van der Waals surface area contributed by atoms with E-state index in [4.69, 9.17) is 4.74 Å². The molecular formula is C17H16N2O2. The molecule has 106 valence electrons. The Bertz CT molecular complexity index is 741. The third-order valence-corrected chi connectivity index (χ3v) is 4.19. The Morgan fingerprint density at radius 3 is 2.90 bits per heavy atom. The highest BCUT2D eigenvalue weighted by Crippen LogP contribution is 2.34. The standard InChI is InChI=1S/C17H16N2O2/c1-17(12-6-7-15-11(10-12)8-9-21-15)18-14-5-3-2-4-13(14)16(20)19-17/h2-7,10,18H,8-9H2,1H3,(H,19,20). The van der Waals surface area contributed by atoms with Crippen molar-refractivity contribution < 1.29 is 9.53 Å². The summed E-state index contributed by atoms with van der Waals surface area (Å²) in [5.41, 5.74) is 3.17. The van der Waals surface area contributed by atoms with Crippen LogP contribution in [0.5, 0.6) is 5.75 Å². The Morgan fingerprint density at radius 2 is 2.00 bits per heavy atom. The molecule has 0 aromatic heterocycles. The van der Waals surface area contributed by atoms with Gasteiger partial charge in [0.15, 0.2) is 0 Å². The summed E-state index contributed by atoms with van der Waals surface area (Å²) in [5.74, 6) is 0.897. The van der Waals surface area contributed by atoms with Crippen LogP contribution >= 0.6 is 0 Å². The molecular weight excluding hydrogens is 264 g/mol. The lowest BCUT2D eigenvalue weighted by molar-refractivity contribution is 0.0906. The summed E-state index contributed by atoms with van der Waals surface area (Å²) >= 11 is 0. The molecule has 0 radical (unpaired) electrons. The van der Waals surface area contributed by atoms with E-state index < -0.39 is 5.66 Å². The minimum Gasteiger partial charge on any atom is -0.493 e. The number of anilines is 1. The predicted octanol–water partition coefficient (Wildman–Crippen LogP) is 2.65. The number of para-hydroxylation sites is 1. The van der Waals surface area contributed by atoms with Crippen LogP contribution in [0.2, 0.25) is 0 Å². The topological polar surface area (TPSA) is 50.4 Å². The quantitative estimate of drug-likeness (QED) is 0.844. The van der Waals surface area contributed by atoms with Crippen LogP contribution in [-0.4, -0.2) is 12.5 Å². The fourth-order valence-electron chi connectivity index (χ4n) is 3.03. The number of ether oxygens (including phenoxy) is 1. The van der Waals surface area contributed by atoms with Crippen LogP contribution in [0, 0.1) is 0 Å². The minimum absolute atomic E-state index is 0.0522. The highest BCUT2D eigenvalue weighted by atomic mass is 16.5. The molecule has 2 aromatic rings. The van der Waals surface area contributed by atoms with Gasteiger partial charge in [-0.05, 0) is 42.3 Å². The molecule has 0 aliphatic carbocycles. The fourth-order valence-corrected chi connectivity index (χ4v) is 3.03. The largest absolute Gasteiger partial charge is 0.493 e. The van der Waals surface area contributed by atoms with Gasteiger partial charge in [-0.3, -0.25) is 4.79 Å². The summed E-state index contributed by atoms with van der Waals surface area (Å²) < 4.78 is 5.54. The Kier molecular flexibility index (Phi) is 2.48. The van der Waals surface area contributed by atoms with Gasteiger partial charge in [-0.2, -0.15) is 0 Å². The van der Waals surface area contributed by atoms with Crippen molar-refractivity contribution in [3.63, 3.8) is 0 Å². The molecule has 2 N–H and O–H groups in total. The Hall–Kier alpha value is -2.49. The number of benzene rings is 2. The van der Waals surface area contributed by atoms with Crippen molar-refractivity contribution in [2.24, 2.45) is 0 Å². The summed E-state index contributed by atoms with van der Waals surface area (Å²) in [7, 11) is 0. The Morgan fingerprint density at radius 1 is 1.14 bits per heavy atom. The van der Waals surface area contributed by atoms with Gasteiger partial charge in [0.05, 0.1) is 12.2 Å². The molecule has 0 saturated carbocycles. The first-order valence-corrected chi connectivity index (χ1v) is 7.12. The zero-order valence-electron chi connectivity index (χ0n) is 11.8. The van der Waals surface area contributed by atoms with Crippen LogP contribution in [0.1, 0.15) is 28.4 Å². The summed E-state index contributed by atoms with van der Waals surface area (Å²) in [5, 5.41) is 6.50. The number of fused-ring (bicyclic) bond motifs is 2. The van der Waals surface area contributed by atoms with Crippen molar-refractivity contribution in [1.82, 2.24) is 5.32 Å². The van der Waals surface area contributed by atoms with E-state index in [-0.39, 0.29) is 5.91 Å². The molecule has 2 aliphatic heterocycles. The Balaban J connectivity index is 1.77. The average molecular weight is 280 g/mol. The van der Waals surface area contributed by atoms with Gasteiger partial charge in [0.25, 0.3) is 5.91 Å². The molecule has 1 unspecified atom stereocenters. The van der Waals surface area contributed by atoms with Crippen LogP contribution in [0.4, 0.5) is 5.69 Å². The van der Waals surface area contributed by atoms with Crippen LogP contribution in [0.15, 0.2) is 42.5 Å². The zero-order chi connectivity index (χ0) is 14.4. The van der Waals surface area contributed by atoms with E-state index in [1.165, 1.54) is 5.56 Å². The maximum absolute atomic E-state index is 12.3. The molecule has 4 rings (SSSR count). The van der Waals surface area contributed by atoms with Gasteiger partial charge in [-0.25, -0.2) is 0 Å². The van der Waals surface area contributed by atoms with Crippen LogP contribution in [0.25, 0.3) is 0 Å². The summed E-state index contributed by atoms with van der Waals surface area (Å²) in [6.45, 7) is 2.72. The molecule has 4 heteroatoms. The van der Waals surface area contributed by atoms with Gasteiger partial charge < -0.3 is 15.4 Å². The van der Waals surface area contributed by atoms with E-state index in [9.17, 15) is 4.79 Å². The highest BCUT2D eigenvalue weighted by Gasteiger charge is 2.35. The molecule has 1 amide bonds. The highest BCUT2D eigenvalue weighted by molar-refractivity contribution is 6.02. The van der Waals surface area contributed by atoms with E-state index in [2.05, 4.69) is 16.7 Å². The lowest BCUT2D eigenvalue weighted by Crippen LogP contribution is -2.52. The van der Waals surface area contributed by atoms with Crippen LogP contribution in [0.3, 0.4) is 0 Å². The minimum atomic E-state index is -0.608.